The molecule has 0 saturated carbocycles. The van der Waals surface area contributed by atoms with Crippen molar-refractivity contribution >= 4 is 0 Å². The Labute approximate surface area is 103 Å². The van der Waals surface area contributed by atoms with E-state index in [1.54, 1.807) is 0 Å². The highest BCUT2D eigenvalue weighted by Crippen LogP contribution is 2.18. The van der Waals surface area contributed by atoms with Gasteiger partial charge in [-0.2, -0.15) is 0 Å². The molecule has 0 spiro atoms. The van der Waals surface area contributed by atoms with Crippen LogP contribution in [0.1, 0.15) is 65.7 Å². The van der Waals surface area contributed by atoms with Gasteiger partial charge in [-0.05, 0) is 31.7 Å². The van der Waals surface area contributed by atoms with Crippen molar-refractivity contribution in [1.29, 1.82) is 0 Å². The van der Waals surface area contributed by atoms with Crippen molar-refractivity contribution in [2.75, 3.05) is 6.54 Å². The van der Waals surface area contributed by atoms with Gasteiger partial charge in [0.15, 0.2) is 0 Å². The molecule has 0 aliphatic carbocycles. The van der Waals surface area contributed by atoms with Crippen LogP contribution in [0.25, 0.3) is 0 Å². The van der Waals surface area contributed by atoms with Crippen molar-refractivity contribution in [2.45, 2.75) is 71.8 Å². The number of hydrogen-bond donors (Lipinski definition) is 1. The quantitative estimate of drug-likeness (QED) is 0.402. The summed E-state index contributed by atoms with van der Waals surface area (Å²) < 4.78 is 0. The zero-order valence-corrected chi connectivity index (χ0v) is 11.6. The predicted octanol–water partition coefficient (Wildman–Crippen LogP) is 4.54. The summed E-state index contributed by atoms with van der Waals surface area (Å²) in [6.45, 7) is 11.7. The SMILES string of the molecule is C=CCCCCCC(NCC)C(CC)CC. The van der Waals surface area contributed by atoms with E-state index in [0.717, 1.165) is 18.5 Å². The number of hydrogen-bond acceptors (Lipinski definition) is 1. The van der Waals surface area contributed by atoms with Crippen molar-refractivity contribution in [3.63, 3.8) is 0 Å². The Hall–Kier alpha value is -0.300. The summed E-state index contributed by atoms with van der Waals surface area (Å²) >= 11 is 0. The maximum Gasteiger partial charge on any atom is 0.00950 e. The van der Waals surface area contributed by atoms with Crippen molar-refractivity contribution in [3.05, 3.63) is 12.7 Å². The van der Waals surface area contributed by atoms with Crippen LogP contribution in [0.4, 0.5) is 0 Å². The number of unbranched alkanes of at least 4 members (excludes halogenated alkanes) is 3. The molecule has 0 rings (SSSR count). The lowest BCUT2D eigenvalue weighted by Gasteiger charge is -2.26. The first kappa shape index (κ1) is 15.7. The molecule has 0 fully saturated rings. The third-order valence-electron chi connectivity index (χ3n) is 3.51. The van der Waals surface area contributed by atoms with Crippen LogP contribution in [0.2, 0.25) is 0 Å². The highest BCUT2D eigenvalue weighted by atomic mass is 14.9. The molecule has 0 aromatic rings. The first-order valence-electron chi connectivity index (χ1n) is 7.14. The van der Waals surface area contributed by atoms with Gasteiger partial charge in [0.1, 0.15) is 0 Å². The topological polar surface area (TPSA) is 12.0 Å². The molecule has 0 heterocycles. The summed E-state index contributed by atoms with van der Waals surface area (Å²) in [5, 5.41) is 3.66. The molecule has 96 valence electrons. The van der Waals surface area contributed by atoms with Crippen LogP contribution in [-0.2, 0) is 0 Å². The molecule has 0 aromatic carbocycles. The summed E-state index contributed by atoms with van der Waals surface area (Å²) in [5.74, 6) is 0.861. The molecule has 16 heavy (non-hydrogen) atoms. The fraction of sp³-hybridized carbons (Fsp3) is 0.867. The fourth-order valence-electron chi connectivity index (χ4n) is 2.45. The summed E-state index contributed by atoms with van der Waals surface area (Å²) in [7, 11) is 0. The molecule has 0 saturated heterocycles. The zero-order valence-electron chi connectivity index (χ0n) is 11.6. The summed E-state index contributed by atoms with van der Waals surface area (Å²) in [5.41, 5.74) is 0. The molecule has 1 atom stereocenters. The van der Waals surface area contributed by atoms with Crippen molar-refractivity contribution < 1.29 is 0 Å². The Morgan fingerprint density at radius 1 is 1.06 bits per heavy atom. The van der Waals surface area contributed by atoms with E-state index in [1.165, 1.54) is 44.9 Å². The Kier molecular flexibility index (Phi) is 11.0. The van der Waals surface area contributed by atoms with E-state index in [9.17, 15) is 0 Å². The Morgan fingerprint density at radius 3 is 2.25 bits per heavy atom. The van der Waals surface area contributed by atoms with Gasteiger partial charge in [-0.3, -0.25) is 0 Å². The van der Waals surface area contributed by atoms with Gasteiger partial charge in [0, 0.05) is 6.04 Å². The van der Waals surface area contributed by atoms with E-state index in [2.05, 4.69) is 32.7 Å². The minimum atomic E-state index is 0.740. The lowest BCUT2D eigenvalue weighted by Crippen LogP contribution is -2.35. The third kappa shape index (κ3) is 7.05. The lowest BCUT2D eigenvalue weighted by atomic mass is 9.90. The average Bonchev–Trinajstić information content (AvgIpc) is 2.30. The zero-order chi connectivity index (χ0) is 12.2. The van der Waals surface area contributed by atoms with E-state index in [-0.39, 0.29) is 0 Å². The standard InChI is InChI=1S/C15H31N/c1-5-9-10-11-12-13-15(16-8-4)14(6-2)7-3/h5,14-16H,1,6-13H2,2-4H3. The van der Waals surface area contributed by atoms with Crippen LogP contribution >= 0.6 is 0 Å². The van der Waals surface area contributed by atoms with Crippen molar-refractivity contribution in [1.82, 2.24) is 5.32 Å². The maximum atomic E-state index is 3.77. The molecule has 1 N–H and O–H groups in total. The minimum Gasteiger partial charge on any atom is -0.314 e. The van der Waals surface area contributed by atoms with Gasteiger partial charge in [0.25, 0.3) is 0 Å². The second-order valence-electron chi connectivity index (χ2n) is 4.67. The molecule has 1 heteroatoms. The van der Waals surface area contributed by atoms with Gasteiger partial charge < -0.3 is 5.32 Å². The Balaban J connectivity index is 3.78. The van der Waals surface area contributed by atoms with Gasteiger partial charge in [-0.25, -0.2) is 0 Å². The molecular formula is C15H31N. The van der Waals surface area contributed by atoms with Crippen LogP contribution in [0, 0.1) is 5.92 Å². The van der Waals surface area contributed by atoms with Gasteiger partial charge in [-0.1, -0.05) is 52.5 Å². The first-order valence-corrected chi connectivity index (χ1v) is 7.14. The molecule has 0 aromatic heterocycles. The smallest absolute Gasteiger partial charge is 0.00950 e. The van der Waals surface area contributed by atoms with Crippen LogP contribution in [0.15, 0.2) is 12.7 Å². The number of rotatable bonds is 11. The molecule has 0 bridgehead atoms. The number of nitrogens with one attached hydrogen (secondary N) is 1. The summed E-state index contributed by atoms with van der Waals surface area (Å²) in [4.78, 5) is 0. The minimum absolute atomic E-state index is 0.740. The van der Waals surface area contributed by atoms with E-state index < -0.39 is 0 Å². The highest BCUT2D eigenvalue weighted by molar-refractivity contribution is 4.74. The average molecular weight is 225 g/mol. The molecular weight excluding hydrogens is 194 g/mol. The van der Waals surface area contributed by atoms with E-state index in [4.69, 9.17) is 0 Å². The molecule has 0 amide bonds. The van der Waals surface area contributed by atoms with Crippen LogP contribution < -0.4 is 5.32 Å². The van der Waals surface area contributed by atoms with Crippen LogP contribution in [0.3, 0.4) is 0 Å². The number of allylic oxidation sites excluding steroid dienone is 1. The first-order chi connectivity index (χ1) is 7.79. The lowest BCUT2D eigenvalue weighted by molar-refractivity contribution is 0.314. The second-order valence-corrected chi connectivity index (χ2v) is 4.67. The maximum absolute atomic E-state index is 3.77. The molecule has 0 radical (unpaired) electrons. The Morgan fingerprint density at radius 2 is 1.75 bits per heavy atom. The van der Waals surface area contributed by atoms with Crippen molar-refractivity contribution in [3.8, 4) is 0 Å². The molecule has 0 aliphatic heterocycles. The van der Waals surface area contributed by atoms with E-state index in [0.29, 0.717) is 0 Å². The van der Waals surface area contributed by atoms with Gasteiger partial charge in [0.05, 0.1) is 0 Å². The van der Waals surface area contributed by atoms with Gasteiger partial charge >= 0.3 is 0 Å². The molecule has 1 unspecified atom stereocenters. The summed E-state index contributed by atoms with van der Waals surface area (Å²) in [6, 6.07) is 0.740. The fourth-order valence-corrected chi connectivity index (χ4v) is 2.45. The largest absolute Gasteiger partial charge is 0.314 e. The monoisotopic (exact) mass is 225 g/mol. The van der Waals surface area contributed by atoms with Crippen LogP contribution in [-0.4, -0.2) is 12.6 Å². The predicted molar refractivity (Wildman–Crippen MR) is 74.8 cm³/mol. The second kappa shape index (κ2) is 11.2. The highest BCUT2D eigenvalue weighted by Gasteiger charge is 2.16. The van der Waals surface area contributed by atoms with Gasteiger partial charge in [-0.15, -0.1) is 6.58 Å². The van der Waals surface area contributed by atoms with Crippen LogP contribution in [0.5, 0.6) is 0 Å². The Bertz CT molecular complexity index is 150. The van der Waals surface area contributed by atoms with E-state index in [1.807, 2.05) is 6.08 Å². The van der Waals surface area contributed by atoms with Gasteiger partial charge in [0.2, 0.25) is 0 Å². The molecule has 1 nitrogen and oxygen atoms in total. The summed E-state index contributed by atoms with van der Waals surface area (Å²) in [6.07, 6.45) is 11.2. The molecule has 0 aliphatic rings. The van der Waals surface area contributed by atoms with Crippen molar-refractivity contribution in [2.24, 2.45) is 5.92 Å². The normalized spacial score (nSPS) is 13.0. The van der Waals surface area contributed by atoms with E-state index >= 15 is 0 Å². The third-order valence-corrected chi connectivity index (χ3v) is 3.51.